The minimum Gasteiger partial charge on any atom is -0.393 e. The molecule has 0 radical (unpaired) electrons. The fourth-order valence-electron chi connectivity index (χ4n) is 7.30. The van der Waals surface area contributed by atoms with Gasteiger partial charge in [-0.05, 0) is 106 Å². The second-order valence-corrected chi connectivity index (χ2v) is 15.8. The zero-order valence-electron chi connectivity index (χ0n) is 27.8. The minimum absolute atomic E-state index is 0.0767. The van der Waals surface area contributed by atoms with Crippen LogP contribution in [0.4, 0.5) is 0 Å². The van der Waals surface area contributed by atoms with Crippen LogP contribution in [-0.2, 0) is 12.8 Å². The maximum atomic E-state index is 13.8. The molecule has 2 fully saturated rings. The molecule has 0 saturated carbocycles. The van der Waals surface area contributed by atoms with Gasteiger partial charge in [-0.15, -0.1) is 0 Å². The Labute approximate surface area is 277 Å². The summed E-state index contributed by atoms with van der Waals surface area (Å²) >= 11 is 1.36. The van der Waals surface area contributed by atoms with Crippen molar-refractivity contribution in [1.82, 2.24) is 30.4 Å². The summed E-state index contributed by atoms with van der Waals surface area (Å²) in [4.78, 5) is 42.2. The van der Waals surface area contributed by atoms with Gasteiger partial charge >= 0.3 is 0 Å². The van der Waals surface area contributed by atoms with Gasteiger partial charge in [0.15, 0.2) is 5.01 Å². The first kappa shape index (κ1) is 33.0. The van der Waals surface area contributed by atoms with E-state index in [1.165, 1.54) is 16.9 Å². The Morgan fingerprint density at radius 3 is 2.63 bits per heavy atom. The van der Waals surface area contributed by atoms with E-state index in [0.717, 1.165) is 99.3 Å². The van der Waals surface area contributed by atoms with Gasteiger partial charge < -0.3 is 25.5 Å². The van der Waals surface area contributed by atoms with Crippen molar-refractivity contribution in [2.75, 3.05) is 39.8 Å². The van der Waals surface area contributed by atoms with Crippen molar-refractivity contribution in [2.45, 2.75) is 90.3 Å². The smallest absolute Gasteiger partial charge is 0.280 e. The van der Waals surface area contributed by atoms with E-state index in [2.05, 4.69) is 54.3 Å². The zero-order chi connectivity index (χ0) is 32.4. The fourth-order valence-corrected chi connectivity index (χ4v) is 8.14. The summed E-state index contributed by atoms with van der Waals surface area (Å²) in [6.45, 7) is 11.3. The number of aliphatic hydroxyl groups is 1. The normalized spacial score (nSPS) is 22.4. The molecule has 3 N–H and O–H groups in total. The SMILES string of the molecule is CN1CCCC(NC(=O)c2cccc(C(CCN3CCC(O)CC3)NC(=O)c3nc4cc5c(nc4s3)CC[C@H](C(C)(C)C)C5)c2)C1. The number of thiazole rings is 1. The second kappa shape index (κ2) is 14.1. The number of piperidine rings is 2. The summed E-state index contributed by atoms with van der Waals surface area (Å²) in [5.41, 5.74) is 4.95. The number of aliphatic hydroxyl groups excluding tert-OH is 1. The molecule has 3 aromatic rings. The second-order valence-electron chi connectivity index (χ2n) is 14.8. The zero-order valence-corrected chi connectivity index (χ0v) is 28.7. The van der Waals surface area contributed by atoms with Crippen LogP contribution in [-0.4, -0.2) is 88.6 Å². The predicted molar refractivity (Wildman–Crippen MR) is 183 cm³/mol. The van der Waals surface area contributed by atoms with Crippen LogP contribution in [0.2, 0.25) is 0 Å². The number of hydrogen-bond acceptors (Lipinski definition) is 8. The molecule has 1 aliphatic carbocycles. The van der Waals surface area contributed by atoms with Crippen molar-refractivity contribution in [1.29, 1.82) is 0 Å². The van der Waals surface area contributed by atoms with Gasteiger partial charge in [-0.3, -0.25) is 9.59 Å². The maximum Gasteiger partial charge on any atom is 0.280 e. The molecule has 10 heteroatoms. The molecule has 3 aliphatic rings. The standard InChI is InChI=1S/C36H50N6O3S/c1-36(2,3)26-10-11-29-25(20-26)21-31-34(39-29)46-35(40-31)33(45)38-30(14-18-42-16-12-28(43)13-17-42)23-7-5-8-24(19-23)32(44)37-27-9-6-15-41(4)22-27/h5,7-8,19,21,26-28,30,43H,6,9-18,20,22H2,1-4H3,(H,37,44)(H,38,45)/t26-,27?,30?/m0/s1. The highest BCUT2D eigenvalue weighted by atomic mass is 32.1. The van der Waals surface area contributed by atoms with Gasteiger partial charge in [-0.1, -0.05) is 44.2 Å². The third-order valence-corrected chi connectivity index (χ3v) is 11.2. The number of aryl methyl sites for hydroxylation is 1. The van der Waals surface area contributed by atoms with Crippen molar-refractivity contribution in [3.8, 4) is 0 Å². The van der Waals surface area contributed by atoms with Crippen molar-refractivity contribution < 1.29 is 14.7 Å². The van der Waals surface area contributed by atoms with Crippen molar-refractivity contribution in [2.24, 2.45) is 11.3 Å². The van der Waals surface area contributed by atoms with E-state index in [0.29, 0.717) is 22.9 Å². The van der Waals surface area contributed by atoms with Gasteiger partial charge in [0, 0.05) is 43.5 Å². The Morgan fingerprint density at radius 2 is 1.87 bits per heavy atom. The van der Waals surface area contributed by atoms with Crippen LogP contribution in [0.5, 0.6) is 0 Å². The number of hydrogen-bond donors (Lipinski definition) is 3. The van der Waals surface area contributed by atoms with Crippen molar-refractivity contribution in [3.63, 3.8) is 0 Å². The summed E-state index contributed by atoms with van der Waals surface area (Å²) in [6.07, 6.45) is 7.13. The topological polar surface area (TPSA) is 111 Å². The van der Waals surface area contributed by atoms with Crippen LogP contribution in [0.25, 0.3) is 10.3 Å². The molecule has 2 aromatic heterocycles. The van der Waals surface area contributed by atoms with E-state index >= 15 is 0 Å². The molecule has 2 saturated heterocycles. The number of likely N-dealkylation sites (N-methyl/N-ethyl adjacent to an activating group) is 1. The lowest BCUT2D eigenvalue weighted by molar-refractivity contribution is 0.0795. The first-order chi connectivity index (χ1) is 22.0. The largest absolute Gasteiger partial charge is 0.393 e. The van der Waals surface area contributed by atoms with Gasteiger partial charge in [-0.2, -0.15) is 0 Å². The molecule has 0 spiro atoms. The van der Waals surface area contributed by atoms with E-state index < -0.39 is 0 Å². The highest BCUT2D eigenvalue weighted by Crippen LogP contribution is 2.38. The Balaban J connectivity index is 1.20. The quantitative estimate of drug-likeness (QED) is 0.317. The van der Waals surface area contributed by atoms with Crippen LogP contribution in [0.1, 0.15) is 102 Å². The van der Waals surface area contributed by atoms with E-state index in [9.17, 15) is 14.7 Å². The Morgan fingerprint density at radius 1 is 1.07 bits per heavy atom. The first-order valence-electron chi connectivity index (χ1n) is 17.1. The summed E-state index contributed by atoms with van der Waals surface area (Å²) in [6, 6.07) is 9.66. The van der Waals surface area contributed by atoms with Gasteiger partial charge in [0.25, 0.3) is 11.8 Å². The Hall–Kier alpha value is -2.92. The lowest BCUT2D eigenvalue weighted by Gasteiger charge is -2.34. The number of likely N-dealkylation sites (tertiary alicyclic amines) is 2. The highest BCUT2D eigenvalue weighted by molar-refractivity contribution is 7.19. The first-order valence-corrected chi connectivity index (χ1v) is 17.9. The molecule has 9 nitrogen and oxygen atoms in total. The number of pyridine rings is 1. The molecule has 0 bridgehead atoms. The monoisotopic (exact) mass is 646 g/mol. The van der Waals surface area contributed by atoms with Crippen LogP contribution in [0.15, 0.2) is 30.3 Å². The maximum absolute atomic E-state index is 13.8. The van der Waals surface area contributed by atoms with Gasteiger partial charge in [0.05, 0.1) is 12.1 Å². The van der Waals surface area contributed by atoms with Crippen LogP contribution in [0.3, 0.4) is 0 Å². The van der Waals surface area contributed by atoms with Crippen LogP contribution in [0, 0.1) is 11.3 Å². The van der Waals surface area contributed by atoms with Crippen molar-refractivity contribution in [3.05, 3.63) is 57.7 Å². The highest BCUT2D eigenvalue weighted by Gasteiger charge is 2.30. The number of carbonyl (C=O) groups is 2. The van der Waals surface area contributed by atoms with E-state index in [-0.39, 0.29) is 35.4 Å². The Bertz CT molecular complexity index is 1540. The number of carbonyl (C=O) groups excluding carboxylic acids is 2. The van der Waals surface area contributed by atoms with E-state index in [1.807, 2.05) is 24.3 Å². The third-order valence-electron chi connectivity index (χ3n) is 10.3. The molecular formula is C36H50N6O3S. The average molecular weight is 647 g/mol. The summed E-state index contributed by atoms with van der Waals surface area (Å²) in [5.74, 6) is 0.311. The average Bonchev–Trinajstić information content (AvgIpc) is 3.45. The molecular weight excluding hydrogens is 597 g/mol. The molecule has 248 valence electrons. The lowest BCUT2D eigenvalue weighted by atomic mass is 9.71. The number of aromatic nitrogens is 2. The Kier molecular flexibility index (Phi) is 10.1. The summed E-state index contributed by atoms with van der Waals surface area (Å²) in [7, 11) is 2.09. The molecule has 4 heterocycles. The number of rotatable bonds is 8. The van der Waals surface area contributed by atoms with Gasteiger partial charge in [-0.25, -0.2) is 9.97 Å². The summed E-state index contributed by atoms with van der Waals surface area (Å²) in [5, 5.41) is 16.9. The molecule has 2 aliphatic heterocycles. The minimum atomic E-state index is -0.298. The van der Waals surface area contributed by atoms with Crippen molar-refractivity contribution >= 4 is 33.5 Å². The molecule has 2 amide bonds. The van der Waals surface area contributed by atoms with E-state index in [1.54, 1.807) is 0 Å². The number of nitrogens with one attached hydrogen (secondary N) is 2. The number of amides is 2. The summed E-state index contributed by atoms with van der Waals surface area (Å²) < 4.78 is 0. The number of benzene rings is 1. The lowest BCUT2D eigenvalue weighted by Crippen LogP contribution is -2.46. The van der Waals surface area contributed by atoms with Gasteiger partial charge in [0.2, 0.25) is 0 Å². The molecule has 6 rings (SSSR count). The van der Waals surface area contributed by atoms with Crippen LogP contribution >= 0.6 is 11.3 Å². The van der Waals surface area contributed by atoms with Crippen LogP contribution < -0.4 is 10.6 Å². The molecule has 2 unspecified atom stereocenters. The number of fused-ring (bicyclic) bond motifs is 2. The molecule has 1 aromatic carbocycles. The number of nitrogens with zero attached hydrogens (tertiary/aromatic N) is 4. The predicted octanol–water partition coefficient (Wildman–Crippen LogP) is 4.98. The fraction of sp³-hybridized carbons (Fsp3) is 0.611. The third kappa shape index (κ3) is 7.95. The van der Waals surface area contributed by atoms with E-state index in [4.69, 9.17) is 9.97 Å². The molecule has 46 heavy (non-hydrogen) atoms. The van der Waals surface area contributed by atoms with Gasteiger partial charge in [0.1, 0.15) is 10.3 Å². The molecule has 3 atom stereocenters.